The summed E-state index contributed by atoms with van der Waals surface area (Å²) in [5, 5.41) is 10.0. The SMILES string of the molecule is COCCn1ccnc1CN1CC[C@@]2(CO)CCCN(C)[C@@H]2C1. The molecule has 6 nitrogen and oxygen atoms in total. The summed E-state index contributed by atoms with van der Waals surface area (Å²) >= 11 is 0. The van der Waals surface area contributed by atoms with Crippen LogP contribution in [0.1, 0.15) is 25.1 Å². The van der Waals surface area contributed by atoms with Crippen molar-refractivity contribution in [1.82, 2.24) is 19.4 Å². The van der Waals surface area contributed by atoms with Gasteiger partial charge in [0.1, 0.15) is 5.82 Å². The standard InChI is InChI=1S/C17H30N4O2/c1-19-7-3-4-17(14-22)5-8-20(12-15(17)19)13-16-18-6-9-21(16)10-11-23-2/h6,9,15,22H,3-5,7-8,10-14H2,1-2H3/t15-,17-/m1/s1. The normalized spacial score (nSPS) is 29.6. The maximum Gasteiger partial charge on any atom is 0.122 e. The maximum absolute atomic E-state index is 10.0. The summed E-state index contributed by atoms with van der Waals surface area (Å²) in [6, 6.07) is 0.456. The molecule has 2 aliphatic rings. The highest BCUT2D eigenvalue weighted by Gasteiger charge is 2.46. The second kappa shape index (κ2) is 7.30. The number of aliphatic hydroxyl groups excluding tert-OH is 1. The average Bonchev–Trinajstić information content (AvgIpc) is 3.01. The molecule has 0 unspecified atom stereocenters. The molecule has 1 aromatic heterocycles. The zero-order chi connectivity index (χ0) is 16.3. The summed E-state index contributed by atoms with van der Waals surface area (Å²) in [5.74, 6) is 1.11. The third-order valence-corrected chi connectivity index (χ3v) is 5.80. The Morgan fingerprint density at radius 1 is 1.39 bits per heavy atom. The van der Waals surface area contributed by atoms with E-state index in [-0.39, 0.29) is 5.41 Å². The molecule has 3 heterocycles. The van der Waals surface area contributed by atoms with Crippen molar-refractivity contribution in [1.29, 1.82) is 0 Å². The highest BCUT2D eigenvalue weighted by atomic mass is 16.5. The summed E-state index contributed by atoms with van der Waals surface area (Å²) in [6.07, 6.45) is 7.35. The van der Waals surface area contributed by atoms with Gasteiger partial charge in [-0.3, -0.25) is 4.90 Å². The number of aliphatic hydroxyl groups is 1. The van der Waals surface area contributed by atoms with E-state index in [9.17, 15) is 5.11 Å². The van der Waals surface area contributed by atoms with Crippen LogP contribution < -0.4 is 0 Å². The Balaban J connectivity index is 1.66. The molecular weight excluding hydrogens is 292 g/mol. The van der Waals surface area contributed by atoms with Crippen LogP contribution >= 0.6 is 0 Å². The van der Waals surface area contributed by atoms with Crippen molar-refractivity contribution < 1.29 is 9.84 Å². The van der Waals surface area contributed by atoms with Crippen LogP contribution in [0.5, 0.6) is 0 Å². The number of hydrogen-bond donors (Lipinski definition) is 1. The molecule has 6 heteroatoms. The molecule has 2 saturated heterocycles. The van der Waals surface area contributed by atoms with Gasteiger partial charge < -0.3 is 19.3 Å². The van der Waals surface area contributed by atoms with Crippen molar-refractivity contribution in [2.75, 3.05) is 47.0 Å². The lowest BCUT2D eigenvalue weighted by Crippen LogP contribution is -2.61. The molecule has 2 atom stereocenters. The summed E-state index contributed by atoms with van der Waals surface area (Å²) in [5.41, 5.74) is 0.106. The Bertz CT molecular complexity index is 507. The Morgan fingerprint density at radius 3 is 3.04 bits per heavy atom. The van der Waals surface area contributed by atoms with E-state index in [1.165, 1.54) is 6.42 Å². The van der Waals surface area contributed by atoms with E-state index in [4.69, 9.17) is 4.74 Å². The van der Waals surface area contributed by atoms with E-state index in [0.717, 1.165) is 51.4 Å². The molecule has 2 fully saturated rings. The van der Waals surface area contributed by atoms with Gasteiger partial charge in [0.05, 0.1) is 19.8 Å². The Morgan fingerprint density at radius 2 is 2.26 bits per heavy atom. The number of methoxy groups -OCH3 is 1. The molecule has 0 aromatic carbocycles. The highest BCUT2D eigenvalue weighted by molar-refractivity contribution is 5.02. The summed E-state index contributed by atoms with van der Waals surface area (Å²) < 4.78 is 7.36. The molecule has 0 spiro atoms. The quantitative estimate of drug-likeness (QED) is 0.840. The molecule has 2 aliphatic heterocycles. The first kappa shape index (κ1) is 16.9. The third-order valence-electron chi connectivity index (χ3n) is 5.80. The number of fused-ring (bicyclic) bond motifs is 1. The largest absolute Gasteiger partial charge is 0.396 e. The second-order valence-corrected chi connectivity index (χ2v) is 7.14. The lowest BCUT2D eigenvalue weighted by atomic mass is 9.69. The second-order valence-electron chi connectivity index (χ2n) is 7.14. The predicted molar refractivity (Wildman–Crippen MR) is 89.2 cm³/mol. The van der Waals surface area contributed by atoms with Crippen molar-refractivity contribution in [3.8, 4) is 0 Å². The monoisotopic (exact) mass is 322 g/mol. The van der Waals surface area contributed by atoms with Crippen LogP contribution in [-0.4, -0.2) is 77.5 Å². The molecular formula is C17H30N4O2. The third kappa shape index (κ3) is 3.45. The van der Waals surface area contributed by atoms with Crippen LogP contribution in [0.2, 0.25) is 0 Å². The molecule has 1 N–H and O–H groups in total. The van der Waals surface area contributed by atoms with Crippen molar-refractivity contribution in [2.24, 2.45) is 5.41 Å². The number of likely N-dealkylation sites (N-methyl/N-ethyl adjacent to an activating group) is 1. The molecule has 0 bridgehead atoms. The number of nitrogens with zero attached hydrogens (tertiary/aromatic N) is 4. The van der Waals surface area contributed by atoms with Crippen molar-refractivity contribution in [3.05, 3.63) is 18.2 Å². The van der Waals surface area contributed by atoms with Gasteiger partial charge >= 0.3 is 0 Å². The highest BCUT2D eigenvalue weighted by Crippen LogP contribution is 2.41. The van der Waals surface area contributed by atoms with Gasteiger partial charge in [-0.2, -0.15) is 0 Å². The molecule has 1 aromatic rings. The molecule has 0 saturated carbocycles. The zero-order valence-electron chi connectivity index (χ0n) is 14.4. The number of imidazole rings is 1. The number of piperidine rings is 2. The summed E-state index contributed by atoms with van der Waals surface area (Å²) in [7, 11) is 3.94. The lowest BCUT2D eigenvalue weighted by molar-refractivity contribution is -0.0690. The number of ether oxygens (including phenoxy) is 1. The Hall–Kier alpha value is -0.950. The van der Waals surface area contributed by atoms with Gasteiger partial charge in [0, 0.05) is 44.0 Å². The lowest BCUT2D eigenvalue weighted by Gasteiger charge is -2.53. The minimum Gasteiger partial charge on any atom is -0.396 e. The van der Waals surface area contributed by atoms with Crippen LogP contribution in [0.3, 0.4) is 0 Å². The van der Waals surface area contributed by atoms with E-state index in [2.05, 4.69) is 26.4 Å². The van der Waals surface area contributed by atoms with Crippen LogP contribution in [0.4, 0.5) is 0 Å². The fourth-order valence-electron chi connectivity index (χ4n) is 4.30. The van der Waals surface area contributed by atoms with Crippen molar-refractivity contribution >= 4 is 0 Å². The van der Waals surface area contributed by atoms with E-state index in [1.807, 2.05) is 12.4 Å². The first-order valence-electron chi connectivity index (χ1n) is 8.71. The van der Waals surface area contributed by atoms with E-state index in [1.54, 1.807) is 7.11 Å². The number of likely N-dealkylation sites (tertiary alicyclic amines) is 2. The number of hydrogen-bond acceptors (Lipinski definition) is 5. The average molecular weight is 322 g/mol. The van der Waals surface area contributed by atoms with Gasteiger partial charge in [0.15, 0.2) is 0 Å². The molecule has 130 valence electrons. The van der Waals surface area contributed by atoms with Crippen molar-refractivity contribution in [3.63, 3.8) is 0 Å². The molecule has 0 amide bonds. The fraction of sp³-hybridized carbons (Fsp3) is 0.824. The maximum atomic E-state index is 10.0. The predicted octanol–water partition coefficient (Wildman–Crippen LogP) is 0.808. The van der Waals surface area contributed by atoms with E-state index in [0.29, 0.717) is 19.3 Å². The van der Waals surface area contributed by atoms with Gasteiger partial charge in [0.2, 0.25) is 0 Å². The summed E-state index contributed by atoms with van der Waals surface area (Å²) in [4.78, 5) is 9.47. The fourth-order valence-corrected chi connectivity index (χ4v) is 4.30. The van der Waals surface area contributed by atoms with Crippen LogP contribution in [0.25, 0.3) is 0 Å². The van der Waals surface area contributed by atoms with Crippen molar-refractivity contribution in [2.45, 2.75) is 38.4 Å². The molecule has 3 rings (SSSR count). The number of rotatable bonds is 6. The topological polar surface area (TPSA) is 53.8 Å². The zero-order valence-corrected chi connectivity index (χ0v) is 14.4. The van der Waals surface area contributed by atoms with E-state index < -0.39 is 0 Å². The smallest absolute Gasteiger partial charge is 0.122 e. The van der Waals surface area contributed by atoms with Gasteiger partial charge in [-0.1, -0.05) is 0 Å². The summed E-state index contributed by atoms with van der Waals surface area (Å²) in [6.45, 7) is 5.96. The van der Waals surface area contributed by atoms with Gasteiger partial charge in [-0.05, 0) is 39.4 Å². The van der Waals surface area contributed by atoms with Gasteiger partial charge in [0.25, 0.3) is 0 Å². The Kier molecular flexibility index (Phi) is 5.36. The molecule has 0 aliphatic carbocycles. The number of aromatic nitrogens is 2. The first-order chi connectivity index (χ1) is 11.2. The molecule has 23 heavy (non-hydrogen) atoms. The Labute approximate surface area is 139 Å². The van der Waals surface area contributed by atoms with Crippen LogP contribution in [0, 0.1) is 5.41 Å². The molecule has 0 radical (unpaired) electrons. The van der Waals surface area contributed by atoms with Crippen LogP contribution in [-0.2, 0) is 17.8 Å². The first-order valence-corrected chi connectivity index (χ1v) is 8.71. The minimum absolute atomic E-state index is 0.106. The van der Waals surface area contributed by atoms with E-state index >= 15 is 0 Å². The van der Waals surface area contributed by atoms with Gasteiger partial charge in [-0.25, -0.2) is 4.98 Å². The minimum atomic E-state index is 0.106. The van der Waals surface area contributed by atoms with Gasteiger partial charge in [-0.15, -0.1) is 0 Å². The van der Waals surface area contributed by atoms with Crippen LogP contribution in [0.15, 0.2) is 12.4 Å².